The third-order valence-corrected chi connectivity index (χ3v) is 14.3. The Labute approximate surface area is 500 Å². The molecule has 29 heteroatoms. The Morgan fingerprint density at radius 1 is 0.843 bits per heavy atom. The van der Waals surface area contributed by atoms with Crippen molar-refractivity contribution in [3.05, 3.63) is 22.2 Å². The van der Waals surface area contributed by atoms with Crippen molar-refractivity contribution in [1.82, 2.24) is 31.6 Å². The number of carboxylic acids is 1. The Kier molecular flexibility index (Phi) is 54.5. The first-order valence-electron chi connectivity index (χ1n) is 26.9. The number of amides is 5. The number of nitrogens with two attached hydrogens (primary N) is 2. The first kappa shape index (κ1) is 83.6. The molecule has 5 amide bonds. The number of aryl methyl sites for hydroxylation is 1. The number of aldehydes is 2. The summed E-state index contributed by atoms with van der Waals surface area (Å²) in [7, 11) is 3.22. The Hall–Kier alpha value is -5.85. The number of ketones is 1. The van der Waals surface area contributed by atoms with Gasteiger partial charge in [0.05, 0.1) is 54.2 Å². The van der Waals surface area contributed by atoms with Gasteiger partial charge in [-0.05, 0) is 70.8 Å². The molecule has 83 heavy (non-hydrogen) atoms. The molecule has 0 bridgehead atoms. The highest BCUT2D eigenvalue weighted by atomic mass is 32.2. The number of aliphatic carboxylic acids is 1. The van der Waals surface area contributed by atoms with Crippen LogP contribution in [0.5, 0.6) is 0 Å². The molecule has 0 aliphatic carbocycles. The van der Waals surface area contributed by atoms with E-state index in [0.717, 1.165) is 87.0 Å². The summed E-state index contributed by atoms with van der Waals surface area (Å²) >= 11 is 3.80. The van der Waals surface area contributed by atoms with Crippen LogP contribution in [0.3, 0.4) is 0 Å². The lowest BCUT2D eigenvalue weighted by Crippen LogP contribution is -2.49. The number of carbonyl (C=O) groups is 12. The molecule has 1 aromatic rings. The fourth-order valence-electron chi connectivity index (χ4n) is 7.27. The Balaban J connectivity index is -0.000000646. The number of esters is 2. The van der Waals surface area contributed by atoms with E-state index >= 15 is 0 Å². The van der Waals surface area contributed by atoms with Crippen LogP contribution in [0.4, 0.5) is 0 Å². The number of hydrogen-bond donors (Lipinski definition) is 11. The monoisotopic (exact) mass is 1240 g/mol. The number of carbonyl (C=O) groups excluding carboxylic acids is 10. The summed E-state index contributed by atoms with van der Waals surface area (Å²) in [5.41, 5.74) is 12.2. The van der Waals surface area contributed by atoms with Gasteiger partial charge in [0.1, 0.15) is 43.1 Å². The van der Waals surface area contributed by atoms with Crippen molar-refractivity contribution in [1.29, 1.82) is 0 Å². The van der Waals surface area contributed by atoms with E-state index in [2.05, 4.69) is 55.5 Å². The molecule has 2 rings (SSSR count). The van der Waals surface area contributed by atoms with Gasteiger partial charge in [0.2, 0.25) is 29.5 Å². The number of ether oxygens (including phenoxy) is 2. The molecule has 9 unspecified atom stereocenters. The predicted octanol–water partition coefficient (Wildman–Crippen LogP) is 1.82. The summed E-state index contributed by atoms with van der Waals surface area (Å²) < 4.78 is 10.2. The minimum Gasteiger partial charge on any atom is -0.483 e. The predicted molar refractivity (Wildman–Crippen MR) is 320 cm³/mol. The highest BCUT2D eigenvalue weighted by Gasteiger charge is 2.33. The number of aliphatic hydroxyl groups is 2. The normalized spacial score (nSPS) is 18.6. The van der Waals surface area contributed by atoms with E-state index in [1.54, 1.807) is 25.2 Å². The van der Waals surface area contributed by atoms with Crippen LogP contribution in [-0.2, 0) is 67.0 Å². The highest BCUT2D eigenvalue weighted by Crippen LogP contribution is 2.26. The maximum atomic E-state index is 13.4. The van der Waals surface area contributed by atoms with Crippen molar-refractivity contribution in [3.8, 4) is 0 Å². The van der Waals surface area contributed by atoms with E-state index in [0.29, 0.717) is 37.4 Å². The second-order valence-electron chi connectivity index (χ2n) is 18.8. The summed E-state index contributed by atoms with van der Waals surface area (Å²) in [5, 5.41) is 45.2. The van der Waals surface area contributed by atoms with Crippen molar-refractivity contribution in [3.63, 3.8) is 0 Å². The van der Waals surface area contributed by atoms with Crippen molar-refractivity contribution < 1.29 is 87.4 Å². The van der Waals surface area contributed by atoms with Crippen LogP contribution >= 0.6 is 34.9 Å². The minimum atomic E-state index is -1.23. The number of carboxylic acid groups (broad SMARTS) is 2. The second kappa shape index (κ2) is 54.1. The van der Waals surface area contributed by atoms with Crippen LogP contribution in [0.15, 0.2) is 11.5 Å². The molecule has 0 aromatic carbocycles. The quantitative estimate of drug-likeness (QED) is 0.0491. The van der Waals surface area contributed by atoms with Gasteiger partial charge in [0.25, 0.3) is 6.47 Å². The van der Waals surface area contributed by atoms with Crippen LogP contribution in [0.2, 0.25) is 0 Å². The molecular weight excluding hydrogens is 1140 g/mol. The van der Waals surface area contributed by atoms with Crippen LogP contribution < -0.4 is 38.1 Å². The number of thiazole rings is 1. The number of allylic oxidation sites excluding steroid dienone is 1. The van der Waals surface area contributed by atoms with Gasteiger partial charge in [-0.2, -0.15) is 0 Å². The fraction of sp³-hybridized carbons (Fsp3) is 0.685. The van der Waals surface area contributed by atoms with Crippen molar-refractivity contribution in [2.45, 2.75) is 149 Å². The number of thioether (sulfide) groups is 2. The Bertz CT molecular complexity index is 2070. The van der Waals surface area contributed by atoms with Crippen LogP contribution in [0.25, 0.3) is 6.08 Å². The standard InChI is InChI=1S/C31H54N4O7S.C13H21N3O7S.C7H9NS.CH2O2.2CH4O/c1-20-8-6-9-21(2)16-22(3)30(40)24(5)26(17-28(38)33-13-7-10-20)42-29(39)19-43-18-25(31(41)34-14-15-36)35-27(37)12-11-23(4)32;1-23-12(21)7-24-6-9(13(22)15-4-11(19)20)16-10(18)3-2-8(14)5-17;1-3-4-7-5-9-6(2)8-7;2-1-3;2*1-2/h15,20-26H,6-14,16-19,32H2,1-5H3,(H,33,38)(H,34,41)(H,35,37);5,8-9H,2-4,6-7,14H2,1H3,(H,15,22)(H,16,18)(H,19,20);3-5H,1-2H3;1H,(H,2,3);2*2H,1H3/b;;4-3-;;;. The van der Waals surface area contributed by atoms with Crippen molar-refractivity contribution >= 4 is 113 Å². The number of hydrogen-bond acceptors (Lipinski definition) is 22. The van der Waals surface area contributed by atoms with Crippen molar-refractivity contribution in [2.75, 3.05) is 64.0 Å². The summed E-state index contributed by atoms with van der Waals surface area (Å²) in [5.74, 6) is -4.78. The molecule has 1 aromatic heterocycles. The minimum absolute atomic E-state index is 0.0227. The molecule has 13 N–H and O–H groups in total. The van der Waals surface area contributed by atoms with Crippen molar-refractivity contribution in [2.24, 2.45) is 35.1 Å². The van der Waals surface area contributed by atoms with Gasteiger partial charge in [-0.15, -0.1) is 34.9 Å². The van der Waals surface area contributed by atoms with Gasteiger partial charge < -0.3 is 77.5 Å². The number of nitrogens with zero attached hydrogens (tertiary/aromatic N) is 1. The van der Waals surface area contributed by atoms with Crippen LogP contribution in [0, 0.1) is 30.6 Å². The molecule has 1 fully saturated rings. The molecule has 0 saturated carbocycles. The number of nitrogens with one attached hydrogen (secondary N) is 5. The zero-order chi connectivity index (χ0) is 64.3. The summed E-state index contributed by atoms with van der Waals surface area (Å²) in [6.45, 7) is 13.3. The molecular formula is C54H94N8O18S3. The summed E-state index contributed by atoms with van der Waals surface area (Å²) in [6.07, 6.45) is 10.6. The lowest BCUT2D eigenvalue weighted by atomic mass is 9.83. The fourth-order valence-corrected chi connectivity index (χ4v) is 9.54. The second-order valence-corrected chi connectivity index (χ2v) is 21.9. The number of Topliss-reactive ketones (excluding diaryl/α,β-unsaturated/α-hetero) is 1. The van der Waals surface area contributed by atoms with Gasteiger partial charge in [-0.1, -0.05) is 53.0 Å². The molecule has 0 spiro atoms. The molecule has 0 radical (unpaired) electrons. The van der Waals surface area contributed by atoms with E-state index in [1.165, 1.54) is 7.11 Å². The molecule has 1 saturated heterocycles. The zero-order valence-corrected chi connectivity index (χ0v) is 52.2. The first-order chi connectivity index (χ1) is 39.4. The number of aromatic nitrogens is 1. The van der Waals surface area contributed by atoms with Gasteiger partial charge in [0, 0.05) is 62.5 Å². The zero-order valence-electron chi connectivity index (χ0n) is 49.7. The van der Waals surface area contributed by atoms with E-state index < -0.39 is 72.3 Å². The molecule has 1 aliphatic heterocycles. The summed E-state index contributed by atoms with van der Waals surface area (Å²) in [4.78, 5) is 143. The lowest BCUT2D eigenvalue weighted by molar-refractivity contribution is -0.153. The third-order valence-electron chi connectivity index (χ3n) is 11.5. The molecule has 2 heterocycles. The summed E-state index contributed by atoms with van der Waals surface area (Å²) in [6, 6.07) is -2.96. The van der Waals surface area contributed by atoms with Gasteiger partial charge in [-0.3, -0.25) is 47.9 Å². The van der Waals surface area contributed by atoms with Crippen LogP contribution in [-0.4, -0.2) is 192 Å². The maximum absolute atomic E-state index is 13.4. The Morgan fingerprint density at radius 2 is 1.37 bits per heavy atom. The Morgan fingerprint density at radius 3 is 1.87 bits per heavy atom. The van der Waals surface area contributed by atoms with Crippen LogP contribution in [0.1, 0.15) is 123 Å². The third kappa shape index (κ3) is 47.2. The van der Waals surface area contributed by atoms with E-state index in [4.69, 9.17) is 41.4 Å². The average molecular weight is 1240 g/mol. The molecule has 26 nitrogen and oxygen atoms in total. The topological polar surface area (TPSA) is 429 Å². The number of aliphatic hydroxyl groups excluding tert-OH is 2. The van der Waals surface area contributed by atoms with E-state index in [9.17, 15) is 52.7 Å². The first-order valence-corrected chi connectivity index (χ1v) is 30.1. The average Bonchev–Trinajstić information content (AvgIpc) is 3.89. The van der Waals surface area contributed by atoms with E-state index in [-0.39, 0.29) is 91.3 Å². The van der Waals surface area contributed by atoms with Gasteiger partial charge >= 0.3 is 17.9 Å². The number of rotatable bonds is 25. The van der Waals surface area contributed by atoms with E-state index in [1.807, 2.05) is 32.9 Å². The largest absolute Gasteiger partial charge is 0.483 e. The van der Waals surface area contributed by atoms with Gasteiger partial charge in [-0.25, -0.2) is 4.98 Å². The highest BCUT2D eigenvalue weighted by molar-refractivity contribution is 8.00. The maximum Gasteiger partial charge on any atom is 0.322 e. The lowest BCUT2D eigenvalue weighted by Gasteiger charge is -2.27. The SMILES string of the molecule is C/C=C\c1csc(C)n1.CC(N)CCC(=O)NC(CSCC(=O)OC1CC(=O)NCCCC(C)CCCC(C)CC(C)C(=O)C1C)C(=O)NCC=O.CO.CO.COC(=O)CSCC(NC(=O)CCC(N)C=O)C(=O)NCC(=O)O.O=CO. The molecule has 1 aliphatic rings. The smallest absolute Gasteiger partial charge is 0.322 e. The number of methoxy groups -OCH3 is 1. The van der Waals surface area contributed by atoms with Gasteiger partial charge in [0.15, 0.2) is 0 Å². The molecule has 9 atom stereocenters. The molecule has 476 valence electrons.